The minimum Gasteiger partial charge on any atom is -0.348 e. The number of rotatable bonds is 6. The minimum absolute atomic E-state index is 0.225. The lowest BCUT2D eigenvalue weighted by molar-refractivity contribution is -0.116. The van der Waals surface area contributed by atoms with Gasteiger partial charge in [-0.1, -0.05) is 36.4 Å². The Kier molecular flexibility index (Phi) is 5.92. The summed E-state index contributed by atoms with van der Waals surface area (Å²) in [6.07, 6.45) is 6.77. The van der Waals surface area contributed by atoms with Crippen molar-refractivity contribution in [3.05, 3.63) is 78.0 Å². The number of nitrogens with zero attached hydrogens (tertiary/aromatic N) is 2. The molecule has 0 unspecified atom stereocenters. The van der Waals surface area contributed by atoms with Crippen molar-refractivity contribution >= 4 is 32.9 Å². The molecule has 0 atom stereocenters. The summed E-state index contributed by atoms with van der Waals surface area (Å²) in [5.41, 5.74) is 2.56. The first-order valence-electron chi connectivity index (χ1n) is 9.93. The molecule has 1 fully saturated rings. The first kappa shape index (κ1) is 20.3. The molecule has 0 bridgehead atoms. The predicted molar refractivity (Wildman–Crippen MR) is 117 cm³/mol. The fraction of sp³-hybridized carbons (Fsp3) is 0.217. The molecule has 1 aliphatic rings. The van der Waals surface area contributed by atoms with Crippen LogP contribution in [0.3, 0.4) is 0 Å². The largest absolute Gasteiger partial charge is 0.348 e. The van der Waals surface area contributed by atoms with E-state index in [9.17, 15) is 13.2 Å². The highest BCUT2D eigenvalue weighted by atomic mass is 32.2. The van der Waals surface area contributed by atoms with E-state index in [2.05, 4.69) is 10.3 Å². The quantitative estimate of drug-likeness (QED) is 0.619. The van der Waals surface area contributed by atoms with E-state index in [1.807, 2.05) is 30.3 Å². The molecule has 1 amide bonds. The van der Waals surface area contributed by atoms with Gasteiger partial charge in [0, 0.05) is 42.9 Å². The van der Waals surface area contributed by atoms with Gasteiger partial charge >= 0.3 is 0 Å². The number of nitrogens with one attached hydrogen (secondary N) is 1. The van der Waals surface area contributed by atoms with E-state index in [4.69, 9.17) is 0 Å². The lowest BCUT2D eigenvalue weighted by atomic mass is 10.1. The van der Waals surface area contributed by atoms with Gasteiger partial charge in [-0.2, -0.15) is 4.31 Å². The monoisotopic (exact) mass is 421 g/mol. The van der Waals surface area contributed by atoms with Crippen LogP contribution < -0.4 is 5.32 Å². The van der Waals surface area contributed by atoms with Crippen molar-refractivity contribution in [1.29, 1.82) is 0 Å². The van der Waals surface area contributed by atoms with Gasteiger partial charge in [0.1, 0.15) is 0 Å². The van der Waals surface area contributed by atoms with E-state index >= 15 is 0 Å². The molecule has 2 aromatic carbocycles. The van der Waals surface area contributed by atoms with Gasteiger partial charge in [-0.05, 0) is 42.7 Å². The number of pyridine rings is 1. The molecule has 3 aromatic rings. The third kappa shape index (κ3) is 4.42. The third-order valence-electron chi connectivity index (χ3n) is 5.17. The SMILES string of the molecule is O=C(/C=C/c1cccc2cccnc12)NCc1ccc(S(=O)(=O)N2CCCC2)cc1. The predicted octanol–water partition coefficient (Wildman–Crippen LogP) is 3.35. The Morgan fingerprint density at radius 1 is 1.03 bits per heavy atom. The molecule has 1 N–H and O–H groups in total. The maximum absolute atomic E-state index is 12.6. The van der Waals surface area contributed by atoms with Crippen LogP contribution in [-0.4, -0.2) is 36.7 Å². The third-order valence-corrected chi connectivity index (χ3v) is 7.08. The number of hydrogen-bond donors (Lipinski definition) is 1. The highest BCUT2D eigenvalue weighted by Gasteiger charge is 2.26. The minimum atomic E-state index is -3.42. The molecule has 0 radical (unpaired) electrons. The number of carbonyl (C=O) groups excluding carboxylic acids is 1. The number of fused-ring (bicyclic) bond motifs is 1. The number of para-hydroxylation sites is 1. The van der Waals surface area contributed by atoms with E-state index in [-0.39, 0.29) is 5.91 Å². The zero-order valence-corrected chi connectivity index (χ0v) is 17.3. The average Bonchev–Trinajstić information content (AvgIpc) is 3.32. The van der Waals surface area contributed by atoms with Gasteiger partial charge in [-0.15, -0.1) is 0 Å². The second-order valence-electron chi connectivity index (χ2n) is 7.23. The summed E-state index contributed by atoms with van der Waals surface area (Å²) in [4.78, 5) is 16.9. The molecule has 0 spiro atoms. The molecule has 7 heteroatoms. The number of amides is 1. The smallest absolute Gasteiger partial charge is 0.244 e. The van der Waals surface area contributed by atoms with Crippen LogP contribution in [0, 0.1) is 0 Å². The Balaban J connectivity index is 1.37. The standard InChI is InChI=1S/C23H23N3O3S/c27-22(13-10-20-6-3-5-19-7-4-14-24-23(19)20)25-17-18-8-11-21(12-9-18)30(28,29)26-15-1-2-16-26/h3-14H,1-2,15-17H2,(H,25,27)/b13-10+. The van der Waals surface area contributed by atoms with Gasteiger partial charge < -0.3 is 5.32 Å². The molecule has 1 aliphatic heterocycles. The molecule has 4 rings (SSSR count). The van der Waals surface area contributed by atoms with Crippen LogP contribution in [-0.2, 0) is 21.4 Å². The van der Waals surface area contributed by atoms with Crippen molar-refractivity contribution in [2.75, 3.05) is 13.1 Å². The summed E-state index contributed by atoms with van der Waals surface area (Å²) < 4.78 is 26.7. The van der Waals surface area contributed by atoms with Gasteiger partial charge in [0.05, 0.1) is 10.4 Å². The maximum Gasteiger partial charge on any atom is 0.244 e. The number of hydrogen-bond acceptors (Lipinski definition) is 4. The van der Waals surface area contributed by atoms with Gasteiger partial charge in [-0.3, -0.25) is 9.78 Å². The van der Waals surface area contributed by atoms with Crippen molar-refractivity contribution in [1.82, 2.24) is 14.6 Å². The highest BCUT2D eigenvalue weighted by Crippen LogP contribution is 2.21. The van der Waals surface area contributed by atoms with Crippen LogP contribution in [0.25, 0.3) is 17.0 Å². The van der Waals surface area contributed by atoms with Crippen LogP contribution in [0.2, 0.25) is 0 Å². The summed E-state index contributed by atoms with van der Waals surface area (Å²) in [5, 5.41) is 3.84. The summed E-state index contributed by atoms with van der Waals surface area (Å²) in [6.45, 7) is 1.48. The molecule has 6 nitrogen and oxygen atoms in total. The molecular formula is C23H23N3O3S. The van der Waals surface area contributed by atoms with Gasteiger partial charge in [0.25, 0.3) is 0 Å². The first-order chi connectivity index (χ1) is 14.5. The van der Waals surface area contributed by atoms with Gasteiger partial charge in [-0.25, -0.2) is 8.42 Å². The van der Waals surface area contributed by atoms with Crippen molar-refractivity contribution in [2.45, 2.75) is 24.3 Å². The topological polar surface area (TPSA) is 79.4 Å². The molecule has 30 heavy (non-hydrogen) atoms. The van der Waals surface area contributed by atoms with Crippen molar-refractivity contribution in [3.63, 3.8) is 0 Å². The second kappa shape index (κ2) is 8.77. The second-order valence-corrected chi connectivity index (χ2v) is 9.17. The number of aromatic nitrogens is 1. The Morgan fingerprint density at radius 3 is 2.53 bits per heavy atom. The molecule has 154 valence electrons. The fourth-order valence-corrected chi connectivity index (χ4v) is 5.05. The van der Waals surface area contributed by atoms with Crippen molar-refractivity contribution < 1.29 is 13.2 Å². The molecular weight excluding hydrogens is 398 g/mol. The van der Waals surface area contributed by atoms with E-state index in [0.29, 0.717) is 24.5 Å². The highest BCUT2D eigenvalue weighted by molar-refractivity contribution is 7.89. The van der Waals surface area contributed by atoms with E-state index in [1.165, 1.54) is 10.4 Å². The van der Waals surface area contributed by atoms with Crippen LogP contribution >= 0.6 is 0 Å². The summed E-state index contributed by atoms with van der Waals surface area (Å²) in [7, 11) is -3.42. The lowest BCUT2D eigenvalue weighted by Crippen LogP contribution is -2.27. The van der Waals surface area contributed by atoms with Crippen LogP contribution in [0.5, 0.6) is 0 Å². The average molecular weight is 422 g/mol. The zero-order chi connectivity index (χ0) is 21.0. The Hall–Kier alpha value is -3.03. The van der Waals surface area contributed by atoms with Crippen LogP contribution in [0.1, 0.15) is 24.0 Å². The van der Waals surface area contributed by atoms with Crippen molar-refractivity contribution in [3.8, 4) is 0 Å². The molecule has 0 aliphatic carbocycles. The van der Waals surface area contributed by atoms with Gasteiger partial charge in [0.15, 0.2) is 0 Å². The fourth-order valence-electron chi connectivity index (χ4n) is 3.53. The molecule has 1 saturated heterocycles. The first-order valence-corrected chi connectivity index (χ1v) is 11.4. The molecule has 1 aromatic heterocycles. The van der Waals surface area contributed by atoms with Crippen LogP contribution in [0.15, 0.2) is 71.8 Å². The van der Waals surface area contributed by atoms with Gasteiger partial charge in [0.2, 0.25) is 15.9 Å². The van der Waals surface area contributed by atoms with Crippen molar-refractivity contribution in [2.24, 2.45) is 0 Å². The molecule has 0 saturated carbocycles. The number of carbonyl (C=O) groups is 1. The van der Waals surface area contributed by atoms with E-state index < -0.39 is 10.0 Å². The van der Waals surface area contributed by atoms with E-state index in [0.717, 1.165) is 34.9 Å². The summed E-state index contributed by atoms with van der Waals surface area (Å²) in [6, 6.07) is 16.4. The Morgan fingerprint density at radius 2 is 1.77 bits per heavy atom. The zero-order valence-electron chi connectivity index (χ0n) is 16.5. The Bertz CT molecular complexity index is 1180. The Labute approximate surface area is 176 Å². The number of sulfonamides is 1. The van der Waals surface area contributed by atoms with Crippen LogP contribution in [0.4, 0.5) is 0 Å². The maximum atomic E-state index is 12.6. The summed E-state index contributed by atoms with van der Waals surface area (Å²) >= 11 is 0. The van der Waals surface area contributed by atoms with E-state index in [1.54, 1.807) is 36.5 Å². The molecule has 2 heterocycles. The summed E-state index contributed by atoms with van der Waals surface area (Å²) in [5.74, 6) is -0.225. The lowest BCUT2D eigenvalue weighted by Gasteiger charge is -2.15. The number of benzene rings is 2. The normalized spacial score (nSPS) is 15.1.